The summed E-state index contributed by atoms with van der Waals surface area (Å²) in [7, 11) is 6.05. The van der Waals surface area contributed by atoms with Crippen molar-refractivity contribution in [2.24, 2.45) is 0 Å². The maximum atomic E-state index is 14.4. The number of carbonyl (C=O) groups excluding carboxylic acids is 2. The fourth-order valence-electron chi connectivity index (χ4n) is 4.98. The number of rotatable bonds is 12. The Kier molecular flexibility index (Phi) is 9.24. The van der Waals surface area contributed by atoms with Crippen LogP contribution in [0.1, 0.15) is 17.2 Å². The molecule has 0 aliphatic carbocycles. The fraction of sp³-hybridized carbons (Fsp3) is 0.212. The van der Waals surface area contributed by atoms with Crippen molar-refractivity contribution in [3.63, 3.8) is 0 Å². The first-order chi connectivity index (χ1) is 21.5. The Labute approximate surface area is 254 Å². The highest BCUT2D eigenvalue weighted by Crippen LogP contribution is 2.42. The molecule has 44 heavy (non-hydrogen) atoms. The van der Waals surface area contributed by atoms with E-state index in [1.807, 2.05) is 54.6 Å². The zero-order valence-electron chi connectivity index (χ0n) is 24.9. The number of methoxy groups -OCH3 is 4. The number of fused-ring (bicyclic) bond motifs is 1. The predicted molar refractivity (Wildman–Crippen MR) is 165 cm³/mol. The summed E-state index contributed by atoms with van der Waals surface area (Å²) in [5, 5.41) is 11.4. The van der Waals surface area contributed by atoms with Gasteiger partial charge in [0.25, 0.3) is 0 Å². The van der Waals surface area contributed by atoms with Crippen LogP contribution in [0, 0.1) is 0 Å². The number of nitrogens with zero attached hydrogens (tertiary/aromatic N) is 4. The number of anilines is 1. The Morgan fingerprint density at radius 1 is 0.818 bits per heavy atom. The van der Waals surface area contributed by atoms with Gasteiger partial charge in [-0.25, -0.2) is 4.68 Å². The lowest BCUT2D eigenvalue weighted by molar-refractivity contribution is -0.127. The highest BCUT2D eigenvalue weighted by Gasteiger charge is 2.35. The van der Waals surface area contributed by atoms with Gasteiger partial charge >= 0.3 is 0 Å². The number of carbonyl (C=O) groups is 2. The summed E-state index contributed by atoms with van der Waals surface area (Å²) < 4.78 is 23.6. The van der Waals surface area contributed by atoms with Gasteiger partial charge in [-0.15, -0.1) is 5.10 Å². The minimum absolute atomic E-state index is 0.181. The summed E-state index contributed by atoms with van der Waals surface area (Å²) in [4.78, 5) is 30.1. The van der Waals surface area contributed by atoms with E-state index >= 15 is 0 Å². The molecular formula is C33H33N5O6. The van der Waals surface area contributed by atoms with Crippen LogP contribution in [0.4, 0.5) is 5.69 Å². The molecule has 1 aromatic heterocycles. The number of benzene rings is 4. The quantitative estimate of drug-likeness (QED) is 0.223. The van der Waals surface area contributed by atoms with Crippen molar-refractivity contribution in [3.8, 4) is 23.0 Å². The van der Waals surface area contributed by atoms with E-state index in [1.54, 1.807) is 43.5 Å². The Hall–Kier alpha value is -5.58. The molecule has 0 radical (unpaired) electrons. The van der Waals surface area contributed by atoms with Crippen LogP contribution in [0.3, 0.4) is 0 Å². The van der Waals surface area contributed by atoms with E-state index in [-0.39, 0.29) is 13.1 Å². The molecule has 4 aromatic carbocycles. The number of ether oxygens (including phenoxy) is 4. The highest BCUT2D eigenvalue weighted by atomic mass is 16.5. The van der Waals surface area contributed by atoms with Gasteiger partial charge in [-0.1, -0.05) is 47.7 Å². The first-order valence-electron chi connectivity index (χ1n) is 13.8. The van der Waals surface area contributed by atoms with Crippen LogP contribution < -0.4 is 29.2 Å². The van der Waals surface area contributed by atoms with Gasteiger partial charge in [0, 0.05) is 12.2 Å². The van der Waals surface area contributed by atoms with E-state index in [9.17, 15) is 9.59 Å². The molecule has 5 aromatic rings. The van der Waals surface area contributed by atoms with Crippen molar-refractivity contribution < 1.29 is 28.5 Å². The number of nitrogens with one attached hydrogen (secondary N) is 1. The van der Waals surface area contributed by atoms with Gasteiger partial charge in [0.1, 0.15) is 23.9 Å². The average molecular weight is 596 g/mol. The molecule has 0 unspecified atom stereocenters. The molecule has 11 nitrogen and oxygen atoms in total. The minimum Gasteiger partial charge on any atom is -0.497 e. The molecule has 0 aliphatic heterocycles. The molecule has 1 atom stereocenters. The van der Waals surface area contributed by atoms with Gasteiger partial charge < -0.3 is 24.3 Å². The van der Waals surface area contributed by atoms with Gasteiger partial charge in [0.15, 0.2) is 11.5 Å². The fourth-order valence-corrected chi connectivity index (χ4v) is 4.98. The molecule has 2 amide bonds. The van der Waals surface area contributed by atoms with Gasteiger partial charge in [-0.2, -0.15) is 0 Å². The first-order valence-corrected chi connectivity index (χ1v) is 13.8. The third kappa shape index (κ3) is 6.26. The second-order valence-corrected chi connectivity index (χ2v) is 9.76. The molecule has 0 aliphatic rings. The zero-order chi connectivity index (χ0) is 31.1. The Morgan fingerprint density at radius 3 is 2.11 bits per heavy atom. The smallest absolute Gasteiger partial charge is 0.249 e. The lowest BCUT2D eigenvalue weighted by Crippen LogP contribution is -2.45. The molecule has 226 valence electrons. The Bertz CT molecular complexity index is 1710. The average Bonchev–Trinajstić information content (AvgIpc) is 3.48. The molecule has 0 spiro atoms. The summed E-state index contributed by atoms with van der Waals surface area (Å²) in [6.45, 7) is 0.0678. The summed E-state index contributed by atoms with van der Waals surface area (Å²) in [6.07, 6.45) is 0. The minimum atomic E-state index is -1.15. The molecule has 0 bridgehead atoms. The molecular weight excluding hydrogens is 562 g/mol. The lowest BCUT2D eigenvalue weighted by atomic mass is 10.0. The topological polar surface area (TPSA) is 117 Å². The van der Waals surface area contributed by atoms with E-state index in [0.717, 1.165) is 5.56 Å². The van der Waals surface area contributed by atoms with E-state index in [2.05, 4.69) is 15.6 Å². The SMILES string of the molecule is COc1ccc(N(C(=O)Cn2nnc3ccccc32)[C@H](C(=O)NCc2ccccc2)c2cc(OC)c(OC)c(OC)c2)cc1. The van der Waals surface area contributed by atoms with Crippen molar-refractivity contribution in [2.45, 2.75) is 19.1 Å². The first kappa shape index (κ1) is 29.9. The van der Waals surface area contributed by atoms with Crippen LogP contribution >= 0.6 is 0 Å². The molecule has 0 saturated carbocycles. The maximum absolute atomic E-state index is 14.4. The number of hydrogen-bond acceptors (Lipinski definition) is 8. The Balaban J connectivity index is 1.64. The summed E-state index contributed by atoms with van der Waals surface area (Å²) in [5.41, 5.74) is 3.15. The van der Waals surface area contributed by atoms with E-state index in [0.29, 0.717) is 45.3 Å². The summed E-state index contributed by atoms with van der Waals surface area (Å²) in [5.74, 6) is 0.814. The van der Waals surface area contributed by atoms with E-state index in [4.69, 9.17) is 18.9 Å². The molecule has 0 fully saturated rings. The second-order valence-electron chi connectivity index (χ2n) is 9.76. The van der Waals surface area contributed by atoms with Crippen molar-refractivity contribution in [2.75, 3.05) is 33.3 Å². The highest BCUT2D eigenvalue weighted by molar-refractivity contribution is 6.01. The molecule has 1 heterocycles. The van der Waals surface area contributed by atoms with Gasteiger partial charge in [-0.05, 0) is 59.7 Å². The third-order valence-electron chi connectivity index (χ3n) is 7.14. The van der Waals surface area contributed by atoms with Crippen LogP contribution in [-0.2, 0) is 22.7 Å². The van der Waals surface area contributed by atoms with Gasteiger partial charge in [0.2, 0.25) is 17.6 Å². The van der Waals surface area contributed by atoms with E-state index in [1.165, 1.54) is 30.9 Å². The third-order valence-corrected chi connectivity index (χ3v) is 7.14. The summed E-state index contributed by atoms with van der Waals surface area (Å²) >= 11 is 0. The van der Waals surface area contributed by atoms with Crippen molar-refractivity contribution >= 4 is 28.5 Å². The standard InChI is InChI=1S/C33H33N5O6/c1-41-25-16-14-24(15-17-25)38(30(39)21-37-27-13-9-8-12-26(27)35-36-37)31(33(40)34-20-22-10-6-5-7-11-22)23-18-28(42-2)32(44-4)29(19-23)43-3/h5-19,31H,20-21H2,1-4H3,(H,34,40)/t31-/m0/s1. The Morgan fingerprint density at radius 2 is 1.48 bits per heavy atom. The number of hydrogen-bond donors (Lipinski definition) is 1. The molecule has 0 saturated heterocycles. The van der Waals surface area contributed by atoms with Crippen LogP contribution in [0.15, 0.2) is 91.0 Å². The molecule has 1 N–H and O–H groups in total. The van der Waals surface area contributed by atoms with Crippen LogP contribution in [0.2, 0.25) is 0 Å². The van der Waals surface area contributed by atoms with Crippen molar-refractivity contribution in [1.82, 2.24) is 20.3 Å². The van der Waals surface area contributed by atoms with Gasteiger partial charge in [0.05, 0.1) is 34.0 Å². The van der Waals surface area contributed by atoms with E-state index < -0.39 is 17.9 Å². The molecule has 5 rings (SSSR count). The van der Waals surface area contributed by atoms with Crippen molar-refractivity contribution in [1.29, 1.82) is 0 Å². The normalized spacial score (nSPS) is 11.5. The largest absolute Gasteiger partial charge is 0.497 e. The predicted octanol–water partition coefficient (Wildman–Crippen LogP) is 4.56. The second kappa shape index (κ2) is 13.6. The maximum Gasteiger partial charge on any atom is 0.249 e. The van der Waals surface area contributed by atoms with Crippen LogP contribution in [0.5, 0.6) is 23.0 Å². The summed E-state index contributed by atoms with van der Waals surface area (Å²) in [6, 6.07) is 26.0. The number of para-hydroxylation sites is 1. The van der Waals surface area contributed by atoms with Gasteiger partial charge in [-0.3, -0.25) is 14.5 Å². The van der Waals surface area contributed by atoms with Crippen LogP contribution in [0.25, 0.3) is 11.0 Å². The monoisotopic (exact) mass is 595 g/mol. The number of aromatic nitrogens is 3. The van der Waals surface area contributed by atoms with Crippen LogP contribution in [-0.4, -0.2) is 55.2 Å². The lowest BCUT2D eigenvalue weighted by Gasteiger charge is -2.32. The number of amides is 2. The van der Waals surface area contributed by atoms with Crippen molar-refractivity contribution in [3.05, 3.63) is 102 Å². The molecule has 11 heteroatoms. The zero-order valence-corrected chi connectivity index (χ0v) is 24.9.